The van der Waals surface area contributed by atoms with Crippen molar-refractivity contribution in [1.29, 1.82) is 5.26 Å². The molecule has 0 bridgehead atoms. The minimum atomic E-state index is -4.37. The first-order chi connectivity index (χ1) is 17.2. The summed E-state index contributed by atoms with van der Waals surface area (Å²) in [6.07, 6.45) is -2.75. The van der Waals surface area contributed by atoms with Gasteiger partial charge < -0.3 is 14.6 Å². The van der Waals surface area contributed by atoms with Gasteiger partial charge in [0.15, 0.2) is 0 Å². The Morgan fingerprint density at radius 1 is 1.14 bits per heavy atom. The van der Waals surface area contributed by atoms with Gasteiger partial charge in [0.05, 0.1) is 54.5 Å². The van der Waals surface area contributed by atoms with Gasteiger partial charge in [-0.3, -0.25) is 9.88 Å². The maximum absolute atomic E-state index is 13.4. The van der Waals surface area contributed by atoms with Gasteiger partial charge in [-0.25, -0.2) is 0 Å². The van der Waals surface area contributed by atoms with E-state index in [-0.39, 0.29) is 6.54 Å². The molecule has 3 aromatic rings. The molecule has 0 amide bonds. The molecule has 36 heavy (non-hydrogen) atoms. The van der Waals surface area contributed by atoms with Crippen LogP contribution in [0.15, 0.2) is 42.6 Å². The molecule has 0 atom stereocenters. The average Bonchev–Trinajstić information content (AvgIpc) is 3.19. The van der Waals surface area contributed by atoms with E-state index in [2.05, 4.69) is 33.1 Å². The lowest BCUT2D eigenvalue weighted by molar-refractivity contribution is -0.140. The minimum Gasteiger partial charge on any atom is -0.379 e. The van der Waals surface area contributed by atoms with E-state index < -0.39 is 18.1 Å². The Morgan fingerprint density at radius 3 is 2.58 bits per heavy atom. The monoisotopic (exact) mass is 495 g/mol. The van der Waals surface area contributed by atoms with Crippen molar-refractivity contribution in [2.75, 3.05) is 38.2 Å². The number of nitrogens with zero attached hydrogens (tertiary/aromatic N) is 4. The summed E-state index contributed by atoms with van der Waals surface area (Å²) in [6.45, 7) is 6.26. The predicted octanol–water partition coefficient (Wildman–Crippen LogP) is 4.70. The van der Waals surface area contributed by atoms with Crippen LogP contribution in [0.1, 0.15) is 30.8 Å². The van der Waals surface area contributed by atoms with Gasteiger partial charge in [-0.15, -0.1) is 0 Å². The Kier molecular flexibility index (Phi) is 7.53. The molecule has 6 nitrogen and oxygen atoms in total. The van der Waals surface area contributed by atoms with E-state index in [0.717, 1.165) is 24.0 Å². The fraction of sp³-hybridized carbons (Fsp3) is 0.407. The van der Waals surface area contributed by atoms with Gasteiger partial charge in [0.25, 0.3) is 0 Å². The lowest BCUT2D eigenvalue weighted by Gasteiger charge is -2.26. The number of nitriles is 1. The van der Waals surface area contributed by atoms with Gasteiger partial charge in [-0.1, -0.05) is 18.1 Å². The summed E-state index contributed by atoms with van der Waals surface area (Å²) >= 11 is 0. The highest BCUT2D eigenvalue weighted by atomic mass is 19.4. The second-order valence-electron chi connectivity index (χ2n) is 9.29. The van der Waals surface area contributed by atoms with Gasteiger partial charge in [0, 0.05) is 30.5 Å². The van der Waals surface area contributed by atoms with Crippen molar-refractivity contribution in [2.24, 2.45) is 0 Å². The Morgan fingerprint density at radius 2 is 1.92 bits per heavy atom. The van der Waals surface area contributed by atoms with Gasteiger partial charge in [-0.05, 0) is 49.6 Å². The molecule has 0 radical (unpaired) electrons. The van der Waals surface area contributed by atoms with E-state index in [9.17, 15) is 18.4 Å². The summed E-state index contributed by atoms with van der Waals surface area (Å²) in [5, 5.41) is 13.1. The van der Waals surface area contributed by atoms with Crippen molar-refractivity contribution in [2.45, 2.75) is 38.5 Å². The third-order valence-electron chi connectivity index (χ3n) is 6.15. The third kappa shape index (κ3) is 6.17. The summed E-state index contributed by atoms with van der Waals surface area (Å²) in [5.41, 5.74) is 2.50. The Bertz CT molecular complexity index is 1300. The molecular formula is C27H28F3N5O. The highest BCUT2D eigenvalue weighted by molar-refractivity contribution is 5.86. The fourth-order valence-corrected chi connectivity index (χ4v) is 4.14. The van der Waals surface area contributed by atoms with Gasteiger partial charge in [0.2, 0.25) is 0 Å². The molecule has 1 saturated heterocycles. The van der Waals surface area contributed by atoms with E-state index in [1.807, 2.05) is 12.1 Å². The van der Waals surface area contributed by atoms with Crippen LogP contribution in [0.3, 0.4) is 0 Å². The maximum atomic E-state index is 13.4. The van der Waals surface area contributed by atoms with Crippen molar-refractivity contribution in [3.63, 3.8) is 0 Å². The Labute approximate surface area is 208 Å². The lowest BCUT2D eigenvalue weighted by Crippen LogP contribution is -2.35. The van der Waals surface area contributed by atoms with E-state index in [0.29, 0.717) is 42.4 Å². The number of hydrogen-bond donors (Lipinski definition) is 1. The van der Waals surface area contributed by atoms with Crippen molar-refractivity contribution < 1.29 is 17.9 Å². The largest absolute Gasteiger partial charge is 0.406 e. The highest BCUT2D eigenvalue weighted by Crippen LogP contribution is 2.28. The number of hydrogen-bond acceptors (Lipinski definition) is 5. The zero-order valence-corrected chi connectivity index (χ0v) is 20.3. The summed E-state index contributed by atoms with van der Waals surface area (Å²) in [4.78, 5) is 6.57. The second kappa shape index (κ2) is 10.6. The molecule has 1 fully saturated rings. The van der Waals surface area contributed by atoms with Crippen molar-refractivity contribution in [1.82, 2.24) is 14.5 Å². The summed E-state index contributed by atoms with van der Waals surface area (Å²) in [5.74, 6) is 5.86. The quantitative estimate of drug-likeness (QED) is 0.503. The first-order valence-corrected chi connectivity index (χ1v) is 11.7. The van der Waals surface area contributed by atoms with E-state index in [1.54, 1.807) is 44.3 Å². The number of nitrogens with one attached hydrogen (secondary N) is 1. The van der Waals surface area contributed by atoms with Gasteiger partial charge in [-0.2, -0.15) is 18.4 Å². The highest BCUT2D eigenvalue weighted by Gasteiger charge is 2.30. The van der Waals surface area contributed by atoms with Gasteiger partial charge in [0.1, 0.15) is 6.54 Å². The number of fused-ring (bicyclic) bond motifs is 1. The molecular weight excluding hydrogens is 467 g/mol. The molecule has 9 heteroatoms. The third-order valence-corrected chi connectivity index (χ3v) is 6.15. The number of rotatable bonds is 6. The Balaban J connectivity index is 1.55. The van der Waals surface area contributed by atoms with Crippen LogP contribution in [0.25, 0.3) is 10.9 Å². The zero-order valence-electron chi connectivity index (χ0n) is 20.3. The summed E-state index contributed by atoms with van der Waals surface area (Å²) in [7, 11) is 0. The zero-order chi connectivity index (χ0) is 25.8. The summed E-state index contributed by atoms with van der Waals surface area (Å²) < 4.78 is 46.9. The van der Waals surface area contributed by atoms with Crippen LogP contribution >= 0.6 is 0 Å². The standard InChI is InChI=1S/C27H28F3N5O/c1-26(2,18-31)25-9-8-21(16-33-25)32-10-4-6-22-15-23-20(17-34-11-13-36-14-12-34)5-3-7-24(23)35(22)19-27(28,29)30/h3,5,7-9,15-16,32H,10-14,17,19H2,1-2H3. The first-order valence-electron chi connectivity index (χ1n) is 11.7. The first kappa shape index (κ1) is 25.6. The number of aromatic nitrogens is 2. The van der Waals surface area contributed by atoms with Crippen molar-refractivity contribution in [3.8, 4) is 17.9 Å². The smallest absolute Gasteiger partial charge is 0.379 e. The average molecular weight is 496 g/mol. The van der Waals surface area contributed by atoms with Crippen LogP contribution in [0.4, 0.5) is 18.9 Å². The van der Waals surface area contributed by atoms with E-state index in [4.69, 9.17) is 4.74 Å². The molecule has 4 rings (SSSR count). The molecule has 3 heterocycles. The SMILES string of the molecule is CC(C)(C#N)c1ccc(NCC#Cc2cc3c(CN4CCOCC4)cccc3n2CC(F)(F)F)cn1. The molecule has 1 N–H and O–H groups in total. The topological polar surface area (TPSA) is 66.1 Å². The van der Waals surface area contributed by atoms with E-state index >= 15 is 0 Å². The number of benzene rings is 1. The molecule has 0 aliphatic carbocycles. The van der Waals surface area contributed by atoms with Crippen LogP contribution < -0.4 is 5.32 Å². The summed E-state index contributed by atoms with van der Waals surface area (Å²) in [6, 6.07) is 13.0. The minimum absolute atomic E-state index is 0.233. The van der Waals surface area contributed by atoms with Crippen molar-refractivity contribution >= 4 is 16.6 Å². The van der Waals surface area contributed by atoms with Crippen LogP contribution in [0.2, 0.25) is 0 Å². The molecule has 0 spiro atoms. The molecule has 188 valence electrons. The van der Waals surface area contributed by atoms with Crippen molar-refractivity contribution in [3.05, 3.63) is 59.5 Å². The second-order valence-corrected chi connectivity index (χ2v) is 9.29. The Hall–Kier alpha value is -3.53. The number of pyridine rings is 1. The number of anilines is 1. The lowest BCUT2D eigenvalue weighted by atomic mass is 9.91. The van der Waals surface area contributed by atoms with Crippen LogP contribution in [-0.2, 0) is 23.2 Å². The van der Waals surface area contributed by atoms with Crippen LogP contribution in [0, 0.1) is 23.2 Å². The number of ether oxygens (including phenoxy) is 1. The molecule has 0 unspecified atom stereocenters. The fourth-order valence-electron chi connectivity index (χ4n) is 4.14. The van der Waals surface area contributed by atoms with Crippen LogP contribution in [-0.4, -0.2) is 53.5 Å². The molecule has 1 aliphatic heterocycles. The maximum Gasteiger partial charge on any atom is 0.406 e. The normalized spacial score (nSPS) is 14.8. The molecule has 1 aromatic carbocycles. The number of morpholine rings is 1. The van der Waals surface area contributed by atoms with Crippen LogP contribution in [0.5, 0.6) is 0 Å². The van der Waals surface area contributed by atoms with Gasteiger partial charge >= 0.3 is 6.18 Å². The molecule has 1 aliphatic rings. The number of halogens is 3. The van der Waals surface area contributed by atoms with E-state index in [1.165, 1.54) is 4.57 Å². The number of alkyl halides is 3. The molecule has 0 saturated carbocycles. The predicted molar refractivity (Wildman–Crippen MR) is 132 cm³/mol. The molecule has 2 aromatic heterocycles.